The van der Waals surface area contributed by atoms with Crippen LogP contribution in [0.15, 0.2) is 4.34 Å². The molecule has 6 nitrogen and oxygen atoms in total. The van der Waals surface area contributed by atoms with Gasteiger partial charge < -0.3 is 4.90 Å². The average molecular weight is 357 g/mol. The molecular weight excluding hydrogens is 332 g/mol. The van der Waals surface area contributed by atoms with Crippen molar-refractivity contribution in [2.45, 2.75) is 69.9 Å². The van der Waals surface area contributed by atoms with Gasteiger partial charge in [-0.25, -0.2) is 0 Å². The summed E-state index contributed by atoms with van der Waals surface area (Å²) in [5, 5.41) is 8.88. The smallest absolute Gasteiger partial charge is 0.233 e. The van der Waals surface area contributed by atoms with Gasteiger partial charge in [-0.15, -0.1) is 10.2 Å². The van der Waals surface area contributed by atoms with Crippen molar-refractivity contribution >= 4 is 40.0 Å². The molecule has 0 radical (unpaired) electrons. The van der Waals surface area contributed by atoms with Crippen LogP contribution in [-0.2, 0) is 9.59 Å². The fourth-order valence-electron chi connectivity index (χ4n) is 2.61. The van der Waals surface area contributed by atoms with E-state index in [0.29, 0.717) is 10.9 Å². The molecule has 2 rings (SSSR count). The van der Waals surface area contributed by atoms with Crippen LogP contribution in [0, 0.1) is 0 Å². The summed E-state index contributed by atoms with van der Waals surface area (Å²) in [6.45, 7) is 9.63. The van der Waals surface area contributed by atoms with Gasteiger partial charge in [-0.3, -0.25) is 14.5 Å². The molecule has 1 aromatic heterocycles. The van der Waals surface area contributed by atoms with E-state index in [1.165, 1.54) is 23.1 Å². The molecule has 1 aromatic rings. The second kappa shape index (κ2) is 7.61. The molecule has 128 valence electrons. The number of carbonyl (C=O) groups is 2. The summed E-state index contributed by atoms with van der Waals surface area (Å²) in [7, 11) is 0. The Labute approximate surface area is 145 Å². The third kappa shape index (κ3) is 4.67. The van der Waals surface area contributed by atoms with Crippen molar-refractivity contribution < 1.29 is 9.59 Å². The van der Waals surface area contributed by atoms with E-state index < -0.39 is 0 Å². The Bertz CT molecular complexity index is 562. The Balaban J connectivity index is 1.96. The van der Waals surface area contributed by atoms with Crippen LogP contribution < -0.4 is 4.90 Å². The quantitative estimate of drug-likeness (QED) is 0.555. The lowest BCUT2D eigenvalue weighted by atomic mass is 10.2. The van der Waals surface area contributed by atoms with Gasteiger partial charge >= 0.3 is 0 Å². The number of carbonyl (C=O) groups excluding carboxylic acids is 2. The van der Waals surface area contributed by atoms with Gasteiger partial charge in [0.15, 0.2) is 4.34 Å². The van der Waals surface area contributed by atoms with E-state index in [1.807, 2.05) is 32.6 Å². The van der Waals surface area contributed by atoms with Crippen LogP contribution in [0.5, 0.6) is 0 Å². The molecule has 1 saturated carbocycles. The molecule has 1 aliphatic carbocycles. The number of amides is 2. The molecule has 0 spiro atoms. The standard InChI is InChI=1S/C15H24N4O2S2/c1-9(2)18(10(3)4)13(21)8-22-15-17-16-14(23-15)19(11(5)20)12-6-7-12/h9-10,12H,6-8H2,1-5H3. The zero-order valence-corrected chi connectivity index (χ0v) is 15.9. The van der Waals surface area contributed by atoms with Crippen molar-refractivity contribution in [3.63, 3.8) is 0 Å². The molecular formula is C15H24N4O2S2. The highest BCUT2D eigenvalue weighted by molar-refractivity contribution is 8.01. The number of rotatable bonds is 7. The van der Waals surface area contributed by atoms with Gasteiger partial charge in [-0.1, -0.05) is 23.1 Å². The number of anilines is 1. The Morgan fingerprint density at radius 3 is 2.30 bits per heavy atom. The van der Waals surface area contributed by atoms with Crippen LogP contribution in [0.3, 0.4) is 0 Å². The number of nitrogens with zero attached hydrogens (tertiary/aromatic N) is 4. The molecule has 1 heterocycles. The fourth-order valence-corrected chi connectivity index (χ4v) is 4.44. The van der Waals surface area contributed by atoms with Crippen molar-refractivity contribution in [2.24, 2.45) is 0 Å². The summed E-state index contributed by atoms with van der Waals surface area (Å²) in [4.78, 5) is 27.7. The van der Waals surface area contributed by atoms with Crippen molar-refractivity contribution in [3.8, 4) is 0 Å². The van der Waals surface area contributed by atoms with Gasteiger partial charge in [0.25, 0.3) is 0 Å². The molecule has 0 aliphatic heterocycles. The minimum Gasteiger partial charge on any atom is -0.337 e. The van der Waals surface area contributed by atoms with E-state index >= 15 is 0 Å². The zero-order valence-electron chi connectivity index (χ0n) is 14.3. The lowest BCUT2D eigenvalue weighted by Crippen LogP contribution is -2.43. The minimum absolute atomic E-state index is 0.00191. The van der Waals surface area contributed by atoms with Crippen LogP contribution in [0.1, 0.15) is 47.5 Å². The molecule has 8 heteroatoms. The molecule has 1 aliphatic rings. The fraction of sp³-hybridized carbons (Fsp3) is 0.733. The lowest BCUT2D eigenvalue weighted by molar-refractivity contribution is -0.131. The van der Waals surface area contributed by atoms with E-state index in [2.05, 4.69) is 10.2 Å². The van der Waals surface area contributed by atoms with Crippen molar-refractivity contribution in [1.82, 2.24) is 15.1 Å². The van der Waals surface area contributed by atoms with Gasteiger partial charge in [0.1, 0.15) is 0 Å². The van der Waals surface area contributed by atoms with Crippen LogP contribution in [0.2, 0.25) is 0 Å². The minimum atomic E-state index is 0.00191. The Morgan fingerprint density at radius 2 is 1.83 bits per heavy atom. The van der Waals surface area contributed by atoms with E-state index in [9.17, 15) is 9.59 Å². The summed E-state index contributed by atoms with van der Waals surface area (Å²) in [5.74, 6) is 0.443. The highest BCUT2D eigenvalue weighted by Gasteiger charge is 2.34. The first-order valence-electron chi connectivity index (χ1n) is 7.88. The SMILES string of the molecule is CC(=O)N(c1nnc(SCC(=O)N(C(C)C)C(C)C)s1)C1CC1. The number of aromatic nitrogens is 2. The summed E-state index contributed by atoms with van der Waals surface area (Å²) < 4.78 is 0.729. The first-order valence-corrected chi connectivity index (χ1v) is 9.68. The number of hydrogen-bond donors (Lipinski definition) is 0. The van der Waals surface area contributed by atoms with Crippen molar-refractivity contribution in [3.05, 3.63) is 0 Å². The molecule has 1 fully saturated rings. The molecule has 0 saturated heterocycles. The topological polar surface area (TPSA) is 66.4 Å². The summed E-state index contributed by atoms with van der Waals surface area (Å²) >= 11 is 2.77. The summed E-state index contributed by atoms with van der Waals surface area (Å²) in [6, 6.07) is 0.629. The van der Waals surface area contributed by atoms with Gasteiger partial charge in [-0.05, 0) is 40.5 Å². The Morgan fingerprint density at radius 1 is 1.22 bits per heavy atom. The maximum atomic E-state index is 12.4. The molecule has 0 N–H and O–H groups in total. The molecule has 0 unspecified atom stereocenters. The lowest BCUT2D eigenvalue weighted by Gasteiger charge is -2.30. The monoisotopic (exact) mass is 356 g/mol. The molecule has 0 bridgehead atoms. The van der Waals surface area contributed by atoms with Crippen LogP contribution in [0.25, 0.3) is 0 Å². The van der Waals surface area contributed by atoms with E-state index in [1.54, 1.807) is 11.8 Å². The van der Waals surface area contributed by atoms with Crippen molar-refractivity contribution in [2.75, 3.05) is 10.7 Å². The van der Waals surface area contributed by atoms with Crippen LogP contribution in [0.4, 0.5) is 5.13 Å². The third-order valence-electron chi connectivity index (χ3n) is 3.57. The van der Waals surface area contributed by atoms with Gasteiger partial charge in [0, 0.05) is 25.0 Å². The average Bonchev–Trinajstić information content (AvgIpc) is 3.13. The summed E-state index contributed by atoms with van der Waals surface area (Å²) in [6.07, 6.45) is 2.05. The number of thioether (sulfide) groups is 1. The van der Waals surface area contributed by atoms with E-state index in [0.717, 1.165) is 17.2 Å². The summed E-state index contributed by atoms with van der Waals surface area (Å²) in [5.41, 5.74) is 0. The van der Waals surface area contributed by atoms with E-state index in [-0.39, 0.29) is 29.9 Å². The largest absolute Gasteiger partial charge is 0.337 e. The Hall–Kier alpha value is -1.15. The van der Waals surface area contributed by atoms with Crippen LogP contribution >= 0.6 is 23.1 Å². The predicted octanol–water partition coefficient (Wildman–Crippen LogP) is 2.79. The first-order chi connectivity index (χ1) is 10.8. The van der Waals surface area contributed by atoms with Crippen molar-refractivity contribution in [1.29, 1.82) is 0 Å². The highest BCUT2D eigenvalue weighted by Crippen LogP contribution is 2.35. The molecule has 0 atom stereocenters. The second-order valence-electron chi connectivity index (χ2n) is 6.25. The predicted molar refractivity (Wildman–Crippen MR) is 93.9 cm³/mol. The molecule has 2 amide bonds. The van der Waals surface area contributed by atoms with Crippen LogP contribution in [-0.4, -0.2) is 50.8 Å². The van der Waals surface area contributed by atoms with E-state index in [4.69, 9.17) is 0 Å². The van der Waals surface area contributed by atoms with Gasteiger partial charge in [-0.2, -0.15) is 0 Å². The normalized spacial score (nSPS) is 14.4. The van der Waals surface area contributed by atoms with Gasteiger partial charge in [0.2, 0.25) is 16.9 Å². The third-order valence-corrected chi connectivity index (χ3v) is 5.61. The second-order valence-corrected chi connectivity index (χ2v) is 8.43. The van der Waals surface area contributed by atoms with Gasteiger partial charge in [0.05, 0.1) is 5.75 Å². The maximum absolute atomic E-state index is 12.4. The Kier molecular flexibility index (Phi) is 6.02. The number of hydrogen-bond acceptors (Lipinski definition) is 6. The molecule has 23 heavy (non-hydrogen) atoms. The molecule has 0 aromatic carbocycles. The zero-order chi connectivity index (χ0) is 17.1. The maximum Gasteiger partial charge on any atom is 0.233 e. The first kappa shape index (κ1) is 18.2. The highest BCUT2D eigenvalue weighted by atomic mass is 32.2.